The number of nitro groups is 1. The van der Waals surface area contributed by atoms with Crippen LogP contribution in [-0.2, 0) is 9.53 Å². The number of nitrogens with one attached hydrogen (secondary N) is 1. The molecule has 1 aliphatic rings. The van der Waals surface area contributed by atoms with Crippen molar-refractivity contribution in [1.29, 1.82) is 0 Å². The van der Waals surface area contributed by atoms with Crippen LogP contribution in [0.5, 0.6) is 0 Å². The number of aryl methyl sites for hydroxylation is 1. The monoisotopic (exact) mass is 307 g/mol. The lowest BCUT2D eigenvalue weighted by atomic mass is 10.1. The number of hydrogen-bond acceptors (Lipinski definition) is 5. The van der Waals surface area contributed by atoms with Crippen LogP contribution in [0.1, 0.15) is 18.9 Å². The first kappa shape index (κ1) is 16.4. The molecule has 1 aromatic carbocycles. The molecule has 1 aliphatic heterocycles. The van der Waals surface area contributed by atoms with Gasteiger partial charge in [-0.1, -0.05) is 0 Å². The minimum Gasteiger partial charge on any atom is -0.379 e. The van der Waals surface area contributed by atoms with E-state index in [-0.39, 0.29) is 11.6 Å². The highest BCUT2D eigenvalue weighted by atomic mass is 16.6. The van der Waals surface area contributed by atoms with Crippen molar-refractivity contribution in [1.82, 2.24) is 4.90 Å². The van der Waals surface area contributed by atoms with Gasteiger partial charge in [0.05, 0.1) is 18.1 Å². The highest BCUT2D eigenvalue weighted by Gasteiger charge is 2.19. The minimum atomic E-state index is -0.446. The average Bonchev–Trinajstić information content (AvgIpc) is 2.48. The summed E-state index contributed by atoms with van der Waals surface area (Å²) < 4.78 is 5.36. The molecule has 1 aromatic rings. The van der Waals surface area contributed by atoms with Crippen molar-refractivity contribution < 1.29 is 14.5 Å². The molecule has 0 saturated carbocycles. The van der Waals surface area contributed by atoms with Gasteiger partial charge in [-0.05, 0) is 25.5 Å². The molecule has 0 radical (unpaired) electrons. The maximum Gasteiger partial charge on any atom is 0.269 e. The second kappa shape index (κ2) is 7.33. The minimum absolute atomic E-state index is 0.0256. The number of anilines is 1. The van der Waals surface area contributed by atoms with Crippen LogP contribution in [0.2, 0.25) is 0 Å². The zero-order valence-electron chi connectivity index (χ0n) is 12.9. The molecule has 2 rings (SSSR count). The molecule has 0 aromatic heterocycles. The third kappa shape index (κ3) is 4.25. The number of ether oxygens (including phenoxy) is 1. The van der Waals surface area contributed by atoms with E-state index in [1.165, 1.54) is 12.1 Å². The molecular weight excluding hydrogens is 286 g/mol. The van der Waals surface area contributed by atoms with E-state index in [0.717, 1.165) is 6.54 Å². The van der Waals surface area contributed by atoms with Gasteiger partial charge >= 0.3 is 0 Å². The Bertz CT molecular complexity index is 562. The summed E-state index contributed by atoms with van der Waals surface area (Å²) in [5.41, 5.74) is 1.32. The summed E-state index contributed by atoms with van der Waals surface area (Å²) in [7, 11) is 0. The molecule has 7 heteroatoms. The second-order valence-corrected chi connectivity index (χ2v) is 5.51. The first-order valence-electron chi connectivity index (χ1n) is 7.34. The lowest BCUT2D eigenvalue weighted by Gasteiger charge is -2.32. The molecule has 1 fully saturated rings. The average molecular weight is 307 g/mol. The number of rotatable bonds is 5. The topological polar surface area (TPSA) is 84.7 Å². The number of hydrogen-bond donors (Lipinski definition) is 1. The lowest BCUT2D eigenvalue weighted by Crippen LogP contribution is -2.44. The Morgan fingerprint density at radius 3 is 2.95 bits per heavy atom. The van der Waals surface area contributed by atoms with Crippen molar-refractivity contribution >= 4 is 17.3 Å². The van der Waals surface area contributed by atoms with Crippen LogP contribution in [0, 0.1) is 17.0 Å². The summed E-state index contributed by atoms with van der Waals surface area (Å²) in [4.78, 5) is 24.5. The van der Waals surface area contributed by atoms with Crippen molar-refractivity contribution in [3.8, 4) is 0 Å². The normalized spacial score (nSPS) is 18.9. The van der Waals surface area contributed by atoms with Gasteiger partial charge in [-0.2, -0.15) is 0 Å². The Morgan fingerprint density at radius 1 is 1.55 bits per heavy atom. The lowest BCUT2D eigenvalue weighted by molar-refractivity contribution is -0.384. The van der Waals surface area contributed by atoms with Crippen LogP contribution in [0.3, 0.4) is 0 Å². The number of nitro benzene ring substituents is 1. The Hall–Kier alpha value is -1.99. The van der Waals surface area contributed by atoms with Gasteiger partial charge in [0.15, 0.2) is 0 Å². The number of non-ortho nitro benzene ring substituents is 1. The fourth-order valence-corrected chi connectivity index (χ4v) is 2.45. The summed E-state index contributed by atoms with van der Waals surface area (Å²) in [6.45, 7) is 6.74. The highest BCUT2D eigenvalue weighted by Crippen LogP contribution is 2.21. The summed E-state index contributed by atoms with van der Waals surface area (Å²) >= 11 is 0. The van der Waals surface area contributed by atoms with Crippen molar-refractivity contribution in [3.63, 3.8) is 0 Å². The number of carbonyl (C=O) groups excluding carboxylic acids is 1. The van der Waals surface area contributed by atoms with Gasteiger partial charge in [0.2, 0.25) is 5.91 Å². The van der Waals surface area contributed by atoms with Crippen LogP contribution in [0.25, 0.3) is 0 Å². The van der Waals surface area contributed by atoms with E-state index in [9.17, 15) is 14.9 Å². The molecule has 1 amide bonds. The van der Waals surface area contributed by atoms with Gasteiger partial charge in [-0.15, -0.1) is 0 Å². The van der Waals surface area contributed by atoms with Gasteiger partial charge in [-0.3, -0.25) is 19.8 Å². The maximum absolute atomic E-state index is 12.0. The van der Waals surface area contributed by atoms with Crippen molar-refractivity contribution in [2.24, 2.45) is 0 Å². The van der Waals surface area contributed by atoms with Gasteiger partial charge < -0.3 is 10.1 Å². The molecule has 1 heterocycles. The fraction of sp³-hybridized carbons (Fsp3) is 0.533. The molecule has 1 atom stereocenters. The third-order valence-corrected chi connectivity index (χ3v) is 3.83. The van der Waals surface area contributed by atoms with Gasteiger partial charge in [-0.25, -0.2) is 0 Å². The molecule has 1 saturated heterocycles. The molecule has 0 aliphatic carbocycles. The second-order valence-electron chi connectivity index (χ2n) is 5.51. The highest BCUT2D eigenvalue weighted by molar-refractivity contribution is 5.91. The Balaban J connectivity index is 1.88. The summed E-state index contributed by atoms with van der Waals surface area (Å²) in [6, 6.07) is 4.75. The molecule has 7 nitrogen and oxygen atoms in total. The zero-order chi connectivity index (χ0) is 16.1. The van der Waals surface area contributed by atoms with Gasteiger partial charge in [0.1, 0.15) is 0 Å². The number of amides is 1. The van der Waals surface area contributed by atoms with Gasteiger partial charge in [0, 0.05) is 43.4 Å². The molecule has 1 unspecified atom stereocenters. The first-order valence-corrected chi connectivity index (χ1v) is 7.34. The van der Waals surface area contributed by atoms with Crippen LogP contribution >= 0.6 is 0 Å². The third-order valence-electron chi connectivity index (χ3n) is 3.83. The van der Waals surface area contributed by atoms with Crippen LogP contribution in [0.15, 0.2) is 18.2 Å². The number of benzene rings is 1. The Labute approximate surface area is 129 Å². The molecule has 22 heavy (non-hydrogen) atoms. The SMILES string of the molecule is Cc1cc([N+](=O)[O-])ccc1NC(=O)CCN1CCOCC1C. The fourth-order valence-electron chi connectivity index (χ4n) is 2.45. The van der Waals surface area contributed by atoms with E-state index in [0.29, 0.717) is 43.5 Å². The predicted octanol–water partition coefficient (Wildman–Crippen LogP) is 1.95. The van der Waals surface area contributed by atoms with Crippen LogP contribution in [0.4, 0.5) is 11.4 Å². The number of carbonyl (C=O) groups is 1. The molecular formula is C15H21N3O4. The van der Waals surface area contributed by atoms with E-state index < -0.39 is 4.92 Å². The Kier molecular flexibility index (Phi) is 5.46. The molecule has 120 valence electrons. The van der Waals surface area contributed by atoms with Crippen molar-refractivity contribution in [2.45, 2.75) is 26.3 Å². The van der Waals surface area contributed by atoms with Gasteiger partial charge in [0.25, 0.3) is 5.69 Å². The van der Waals surface area contributed by atoms with E-state index in [4.69, 9.17) is 4.74 Å². The predicted molar refractivity (Wildman–Crippen MR) is 82.9 cm³/mol. The van der Waals surface area contributed by atoms with Crippen molar-refractivity contribution in [2.75, 3.05) is 31.6 Å². The summed E-state index contributed by atoms with van der Waals surface area (Å²) in [5.74, 6) is -0.0874. The van der Waals surface area contributed by atoms with E-state index in [1.54, 1.807) is 13.0 Å². The van der Waals surface area contributed by atoms with Crippen LogP contribution in [-0.4, -0.2) is 48.1 Å². The number of nitrogens with zero attached hydrogens (tertiary/aromatic N) is 2. The molecule has 1 N–H and O–H groups in total. The summed E-state index contributed by atoms with van der Waals surface area (Å²) in [5, 5.41) is 13.5. The first-order chi connectivity index (χ1) is 10.5. The molecule has 0 spiro atoms. The van der Waals surface area contributed by atoms with E-state index >= 15 is 0 Å². The number of morpholine rings is 1. The van der Waals surface area contributed by atoms with Crippen molar-refractivity contribution in [3.05, 3.63) is 33.9 Å². The maximum atomic E-state index is 12.0. The Morgan fingerprint density at radius 2 is 2.32 bits per heavy atom. The quantitative estimate of drug-likeness (QED) is 0.664. The standard InChI is InChI=1S/C15H21N3O4/c1-11-9-13(18(20)21)3-4-14(11)16-15(19)5-6-17-7-8-22-10-12(17)2/h3-4,9,12H,5-8,10H2,1-2H3,(H,16,19). The molecule has 0 bridgehead atoms. The van der Waals surface area contributed by atoms with E-state index in [2.05, 4.69) is 17.1 Å². The largest absolute Gasteiger partial charge is 0.379 e. The van der Waals surface area contributed by atoms with Crippen LogP contribution < -0.4 is 5.32 Å². The zero-order valence-corrected chi connectivity index (χ0v) is 12.9. The smallest absolute Gasteiger partial charge is 0.269 e. The van der Waals surface area contributed by atoms with E-state index in [1.807, 2.05) is 0 Å². The summed E-state index contributed by atoms with van der Waals surface area (Å²) in [6.07, 6.45) is 0.390.